The van der Waals surface area contributed by atoms with Gasteiger partial charge in [-0.15, -0.1) is 5.10 Å². The lowest BCUT2D eigenvalue weighted by Crippen LogP contribution is -2.38. The Morgan fingerprint density at radius 1 is 1.45 bits per heavy atom. The van der Waals surface area contributed by atoms with Crippen molar-refractivity contribution in [3.63, 3.8) is 0 Å². The lowest BCUT2D eigenvalue weighted by molar-refractivity contribution is -0.133. The van der Waals surface area contributed by atoms with Gasteiger partial charge in [-0.25, -0.2) is 4.68 Å². The summed E-state index contributed by atoms with van der Waals surface area (Å²) in [6, 6.07) is 0.395. The number of aromatic nitrogens is 4. The molecule has 3 rings (SSSR count). The minimum Gasteiger partial charge on any atom is -0.354 e. The molecule has 9 heteroatoms. The molecule has 2 aliphatic rings. The average molecular weight is 296 g/mol. The summed E-state index contributed by atoms with van der Waals surface area (Å²) >= 11 is 1.34. The number of thioether (sulfide) groups is 1. The lowest BCUT2D eigenvalue weighted by atomic mass is 10.4. The standard InChI is InChI=1S/C11H16N6O2S/c18-9-6-16(5-1-4-12-9)10(19)7-20-11-13-14-15-17(11)8-2-3-8/h8H,1-7H2,(H,12,18). The highest BCUT2D eigenvalue weighted by atomic mass is 32.2. The third-order valence-corrected chi connectivity index (χ3v) is 4.21. The first kappa shape index (κ1) is 13.3. The summed E-state index contributed by atoms with van der Waals surface area (Å²) in [6.07, 6.45) is 2.99. The fourth-order valence-electron chi connectivity index (χ4n) is 2.07. The smallest absolute Gasteiger partial charge is 0.239 e. The molecule has 0 radical (unpaired) electrons. The second kappa shape index (κ2) is 5.78. The van der Waals surface area contributed by atoms with E-state index in [1.165, 1.54) is 11.8 Å². The van der Waals surface area contributed by atoms with E-state index >= 15 is 0 Å². The van der Waals surface area contributed by atoms with Crippen molar-refractivity contribution in [2.24, 2.45) is 0 Å². The quantitative estimate of drug-likeness (QED) is 0.749. The maximum absolute atomic E-state index is 12.1. The van der Waals surface area contributed by atoms with Gasteiger partial charge in [0.1, 0.15) is 0 Å². The molecular weight excluding hydrogens is 280 g/mol. The average Bonchev–Trinajstić information content (AvgIpc) is 3.21. The summed E-state index contributed by atoms with van der Waals surface area (Å²) in [6.45, 7) is 1.40. The SMILES string of the molecule is O=C1CN(C(=O)CSc2nnnn2C2CC2)CCCN1. The Morgan fingerprint density at radius 2 is 2.30 bits per heavy atom. The van der Waals surface area contributed by atoms with Gasteiger partial charge < -0.3 is 10.2 Å². The molecular formula is C11H16N6O2S. The van der Waals surface area contributed by atoms with Gasteiger partial charge in [0.15, 0.2) is 0 Å². The van der Waals surface area contributed by atoms with Crippen LogP contribution in [0.3, 0.4) is 0 Å². The van der Waals surface area contributed by atoms with E-state index in [4.69, 9.17) is 0 Å². The van der Waals surface area contributed by atoms with Crippen molar-refractivity contribution in [3.05, 3.63) is 0 Å². The summed E-state index contributed by atoms with van der Waals surface area (Å²) in [5.74, 6) is 0.126. The molecule has 1 N–H and O–H groups in total. The number of rotatable bonds is 4. The van der Waals surface area contributed by atoms with Crippen LogP contribution < -0.4 is 5.32 Å². The Labute approximate surface area is 120 Å². The lowest BCUT2D eigenvalue weighted by Gasteiger charge is -2.18. The molecule has 0 unspecified atom stereocenters. The molecule has 2 amide bonds. The number of nitrogens with one attached hydrogen (secondary N) is 1. The molecule has 0 atom stereocenters. The monoisotopic (exact) mass is 296 g/mol. The molecule has 108 valence electrons. The van der Waals surface area contributed by atoms with Crippen molar-refractivity contribution in [3.8, 4) is 0 Å². The highest BCUT2D eigenvalue weighted by Crippen LogP contribution is 2.36. The Kier molecular flexibility index (Phi) is 3.86. The molecule has 1 saturated carbocycles. The van der Waals surface area contributed by atoms with Gasteiger partial charge in [0, 0.05) is 13.1 Å². The zero-order valence-electron chi connectivity index (χ0n) is 11.0. The van der Waals surface area contributed by atoms with E-state index in [0.29, 0.717) is 24.3 Å². The van der Waals surface area contributed by atoms with Crippen LogP contribution in [0, 0.1) is 0 Å². The fourth-order valence-corrected chi connectivity index (χ4v) is 2.91. The molecule has 8 nitrogen and oxygen atoms in total. The number of tetrazole rings is 1. The van der Waals surface area contributed by atoms with Crippen molar-refractivity contribution in [1.29, 1.82) is 0 Å². The molecule has 1 aliphatic heterocycles. The molecule has 1 saturated heterocycles. The predicted molar refractivity (Wildman–Crippen MR) is 71.0 cm³/mol. The maximum Gasteiger partial charge on any atom is 0.239 e. The molecule has 2 heterocycles. The molecule has 1 aromatic heterocycles. The van der Waals surface area contributed by atoms with Gasteiger partial charge in [0.2, 0.25) is 17.0 Å². The summed E-state index contributed by atoms with van der Waals surface area (Å²) in [5, 5.41) is 15.0. The molecule has 0 bridgehead atoms. The van der Waals surface area contributed by atoms with Gasteiger partial charge in [-0.3, -0.25) is 9.59 Å². The number of hydrogen-bond acceptors (Lipinski definition) is 6. The number of hydrogen-bond donors (Lipinski definition) is 1. The maximum atomic E-state index is 12.1. The predicted octanol–water partition coefficient (Wildman–Crippen LogP) is -0.551. The van der Waals surface area contributed by atoms with Crippen molar-refractivity contribution >= 4 is 23.6 Å². The zero-order chi connectivity index (χ0) is 13.9. The van der Waals surface area contributed by atoms with E-state index in [0.717, 1.165) is 19.3 Å². The van der Waals surface area contributed by atoms with Crippen molar-refractivity contribution in [1.82, 2.24) is 30.4 Å². The Hall–Kier alpha value is -1.64. The number of carbonyl (C=O) groups is 2. The van der Waals surface area contributed by atoms with Crippen molar-refractivity contribution in [2.45, 2.75) is 30.5 Å². The van der Waals surface area contributed by atoms with Crippen LogP contribution in [-0.4, -0.2) is 62.3 Å². The van der Waals surface area contributed by atoms with Gasteiger partial charge in [0.25, 0.3) is 0 Å². The Balaban J connectivity index is 1.55. The van der Waals surface area contributed by atoms with Crippen LogP contribution >= 0.6 is 11.8 Å². The summed E-state index contributed by atoms with van der Waals surface area (Å²) in [7, 11) is 0. The topological polar surface area (TPSA) is 93.0 Å². The Bertz CT molecular complexity index is 515. The molecule has 2 fully saturated rings. The summed E-state index contributed by atoms with van der Waals surface area (Å²) in [5.41, 5.74) is 0. The number of nitrogens with zero attached hydrogens (tertiary/aromatic N) is 5. The van der Waals surface area contributed by atoms with Crippen LogP contribution in [0.5, 0.6) is 0 Å². The van der Waals surface area contributed by atoms with Crippen LogP contribution in [0.15, 0.2) is 5.16 Å². The minimum atomic E-state index is -0.0938. The van der Waals surface area contributed by atoms with Crippen LogP contribution in [0.1, 0.15) is 25.3 Å². The van der Waals surface area contributed by atoms with Crippen LogP contribution in [-0.2, 0) is 9.59 Å². The first-order valence-electron chi connectivity index (χ1n) is 6.69. The molecule has 20 heavy (non-hydrogen) atoms. The summed E-state index contributed by atoms with van der Waals surface area (Å²) < 4.78 is 1.78. The highest BCUT2D eigenvalue weighted by molar-refractivity contribution is 7.99. The van der Waals surface area contributed by atoms with E-state index in [-0.39, 0.29) is 24.1 Å². The number of carbonyl (C=O) groups excluding carboxylic acids is 2. The van der Waals surface area contributed by atoms with E-state index in [1.54, 1.807) is 9.58 Å². The third kappa shape index (κ3) is 3.09. The number of amides is 2. The largest absolute Gasteiger partial charge is 0.354 e. The second-order valence-corrected chi connectivity index (χ2v) is 5.89. The van der Waals surface area contributed by atoms with Gasteiger partial charge >= 0.3 is 0 Å². The van der Waals surface area contributed by atoms with Crippen molar-refractivity contribution in [2.75, 3.05) is 25.4 Å². The van der Waals surface area contributed by atoms with E-state index in [2.05, 4.69) is 20.8 Å². The normalized spacial score (nSPS) is 19.6. The van der Waals surface area contributed by atoms with Gasteiger partial charge in [0.05, 0.1) is 18.3 Å². The second-order valence-electron chi connectivity index (χ2n) is 4.94. The first-order chi connectivity index (χ1) is 9.74. The van der Waals surface area contributed by atoms with Gasteiger partial charge in [-0.1, -0.05) is 11.8 Å². The fraction of sp³-hybridized carbons (Fsp3) is 0.727. The van der Waals surface area contributed by atoms with Crippen molar-refractivity contribution < 1.29 is 9.59 Å². The molecule has 0 aromatic carbocycles. The molecule has 0 spiro atoms. The van der Waals surface area contributed by atoms with Gasteiger partial charge in [-0.05, 0) is 29.7 Å². The molecule has 1 aliphatic carbocycles. The van der Waals surface area contributed by atoms with Crippen LogP contribution in [0.4, 0.5) is 0 Å². The van der Waals surface area contributed by atoms with Crippen LogP contribution in [0.2, 0.25) is 0 Å². The zero-order valence-corrected chi connectivity index (χ0v) is 11.8. The summed E-state index contributed by atoms with van der Waals surface area (Å²) in [4.78, 5) is 25.2. The first-order valence-corrected chi connectivity index (χ1v) is 7.68. The Morgan fingerprint density at radius 3 is 3.10 bits per heavy atom. The van der Waals surface area contributed by atoms with E-state index < -0.39 is 0 Å². The minimum absolute atomic E-state index is 0.0441. The van der Waals surface area contributed by atoms with Gasteiger partial charge in [-0.2, -0.15) is 0 Å². The highest BCUT2D eigenvalue weighted by Gasteiger charge is 2.28. The third-order valence-electron chi connectivity index (χ3n) is 3.29. The van der Waals surface area contributed by atoms with Crippen LogP contribution in [0.25, 0.3) is 0 Å². The van der Waals surface area contributed by atoms with E-state index in [9.17, 15) is 9.59 Å². The van der Waals surface area contributed by atoms with E-state index in [1.807, 2.05) is 0 Å². The molecule has 1 aromatic rings.